The van der Waals surface area contributed by atoms with Gasteiger partial charge in [-0.2, -0.15) is 0 Å². The van der Waals surface area contributed by atoms with E-state index in [2.05, 4.69) is 42.3 Å². The molecule has 0 atom stereocenters. The number of rotatable bonds is 2. The van der Waals surface area contributed by atoms with Gasteiger partial charge in [-0.05, 0) is 37.6 Å². The molecule has 2 aromatic rings. The van der Waals surface area contributed by atoms with Crippen LogP contribution in [0.25, 0.3) is 17.3 Å². The summed E-state index contributed by atoms with van der Waals surface area (Å²) in [6.45, 7) is 4.13. The van der Waals surface area contributed by atoms with Gasteiger partial charge in [-0.25, -0.2) is 0 Å². The van der Waals surface area contributed by atoms with Crippen molar-refractivity contribution in [2.24, 2.45) is 0 Å². The number of benzene rings is 1. The van der Waals surface area contributed by atoms with Gasteiger partial charge < -0.3 is 0 Å². The third kappa shape index (κ3) is 2.19. The standard InChI is InChI=1S/C15H15N/c1-3-6-13-9-8-12(2)11-14(13)15-7-4-5-10-16-15/h3-11H,1-2H3/b6-3+. The summed E-state index contributed by atoms with van der Waals surface area (Å²) in [6.07, 6.45) is 6.00. The van der Waals surface area contributed by atoms with E-state index in [1.807, 2.05) is 31.3 Å². The molecule has 0 aliphatic carbocycles. The minimum Gasteiger partial charge on any atom is -0.256 e. The van der Waals surface area contributed by atoms with Gasteiger partial charge in [-0.15, -0.1) is 0 Å². The zero-order valence-electron chi connectivity index (χ0n) is 9.64. The van der Waals surface area contributed by atoms with Crippen LogP contribution in [0.3, 0.4) is 0 Å². The van der Waals surface area contributed by atoms with Gasteiger partial charge in [0.2, 0.25) is 0 Å². The topological polar surface area (TPSA) is 12.9 Å². The zero-order valence-corrected chi connectivity index (χ0v) is 9.64. The summed E-state index contributed by atoms with van der Waals surface area (Å²) in [7, 11) is 0. The average molecular weight is 209 g/mol. The molecule has 0 spiro atoms. The van der Waals surface area contributed by atoms with E-state index in [-0.39, 0.29) is 0 Å². The number of pyridine rings is 1. The van der Waals surface area contributed by atoms with Gasteiger partial charge in [-0.1, -0.05) is 35.9 Å². The second-order valence-corrected chi connectivity index (χ2v) is 3.81. The van der Waals surface area contributed by atoms with Gasteiger partial charge in [0.25, 0.3) is 0 Å². The van der Waals surface area contributed by atoms with Crippen molar-refractivity contribution in [3.05, 3.63) is 59.8 Å². The quantitative estimate of drug-likeness (QED) is 0.726. The van der Waals surface area contributed by atoms with Crippen LogP contribution in [0.4, 0.5) is 0 Å². The van der Waals surface area contributed by atoms with Crippen molar-refractivity contribution >= 4 is 6.08 Å². The minimum absolute atomic E-state index is 1.03. The van der Waals surface area contributed by atoms with E-state index in [0.717, 1.165) is 5.69 Å². The summed E-state index contributed by atoms with van der Waals surface area (Å²) in [5.74, 6) is 0. The van der Waals surface area contributed by atoms with Gasteiger partial charge >= 0.3 is 0 Å². The third-order valence-electron chi connectivity index (χ3n) is 2.50. The molecule has 0 aliphatic heterocycles. The second kappa shape index (κ2) is 4.75. The Morgan fingerprint density at radius 2 is 2.00 bits per heavy atom. The van der Waals surface area contributed by atoms with E-state index in [1.165, 1.54) is 16.7 Å². The second-order valence-electron chi connectivity index (χ2n) is 3.81. The normalized spacial score (nSPS) is 10.9. The fraction of sp³-hybridized carbons (Fsp3) is 0.133. The Morgan fingerprint density at radius 3 is 2.69 bits per heavy atom. The first-order valence-electron chi connectivity index (χ1n) is 5.46. The fourth-order valence-corrected chi connectivity index (χ4v) is 1.74. The molecule has 1 aromatic heterocycles. The smallest absolute Gasteiger partial charge is 0.0708 e. The molecule has 0 unspecified atom stereocenters. The number of nitrogens with zero attached hydrogens (tertiary/aromatic N) is 1. The molecule has 1 nitrogen and oxygen atoms in total. The molecule has 0 amide bonds. The van der Waals surface area contributed by atoms with E-state index >= 15 is 0 Å². The minimum atomic E-state index is 1.03. The van der Waals surface area contributed by atoms with Gasteiger partial charge in [0.15, 0.2) is 0 Å². The molecule has 80 valence electrons. The molecule has 2 rings (SSSR count). The predicted molar refractivity (Wildman–Crippen MR) is 69.1 cm³/mol. The van der Waals surface area contributed by atoms with Gasteiger partial charge in [0, 0.05) is 11.8 Å². The van der Waals surface area contributed by atoms with Crippen molar-refractivity contribution in [1.82, 2.24) is 4.98 Å². The highest BCUT2D eigenvalue weighted by atomic mass is 14.7. The first-order chi connectivity index (χ1) is 7.81. The van der Waals surface area contributed by atoms with Gasteiger partial charge in [0.05, 0.1) is 5.69 Å². The molecule has 0 fully saturated rings. The Kier molecular flexibility index (Phi) is 3.16. The van der Waals surface area contributed by atoms with Crippen molar-refractivity contribution < 1.29 is 0 Å². The summed E-state index contributed by atoms with van der Waals surface area (Å²) >= 11 is 0. The number of aryl methyl sites for hydroxylation is 1. The Hall–Kier alpha value is -1.89. The van der Waals surface area contributed by atoms with Crippen LogP contribution in [-0.2, 0) is 0 Å². The van der Waals surface area contributed by atoms with Crippen molar-refractivity contribution in [3.8, 4) is 11.3 Å². The summed E-state index contributed by atoms with van der Waals surface area (Å²) < 4.78 is 0. The fourth-order valence-electron chi connectivity index (χ4n) is 1.74. The molecule has 0 N–H and O–H groups in total. The van der Waals surface area contributed by atoms with Crippen LogP contribution in [0, 0.1) is 6.92 Å². The number of aromatic nitrogens is 1. The Morgan fingerprint density at radius 1 is 1.12 bits per heavy atom. The Bertz CT molecular complexity index is 498. The van der Waals surface area contributed by atoms with Crippen molar-refractivity contribution in [1.29, 1.82) is 0 Å². The van der Waals surface area contributed by atoms with Crippen LogP contribution in [-0.4, -0.2) is 4.98 Å². The molecule has 1 heterocycles. The summed E-state index contributed by atoms with van der Waals surface area (Å²) in [5.41, 5.74) is 4.69. The SMILES string of the molecule is C/C=C/c1ccc(C)cc1-c1ccccn1. The first-order valence-corrected chi connectivity index (χ1v) is 5.46. The molecular formula is C15H15N. The first kappa shape index (κ1) is 10.6. The lowest BCUT2D eigenvalue weighted by atomic mass is 10.0. The summed E-state index contributed by atoms with van der Waals surface area (Å²) in [5, 5.41) is 0. The van der Waals surface area contributed by atoms with Crippen LogP contribution in [0.15, 0.2) is 48.7 Å². The van der Waals surface area contributed by atoms with E-state index in [9.17, 15) is 0 Å². The largest absolute Gasteiger partial charge is 0.256 e. The molecule has 0 bridgehead atoms. The van der Waals surface area contributed by atoms with Crippen LogP contribution < -0.4 is 0 Å². The maximum atomic E-state index is 4.40. The van der Waals surface area contributed by atoms with Crippen LogP contribution in [0.2, 0.25) is 0 Å². The summed E-state index contributed by atoms with van der Waals surface area (Å²) in [6, 6.07) is 12.4. The molecule has 0 aliphatic rings. The highest BCUT2D eigenvalue weighted by Gasteiger charge is 2.03. The predicted octanol–water partition coefficient (Wildman–Crippen LogP) is 4.09. The lowest BCUT2D eigenvalue weighted by Gasteiger charge is -2.06. The Labute approximate surface area is 96.5 Å². The monoisotopic (exact) mass is 209 g/mol. The molecule has 0 saturated heterocycles. The average Bonchev–Trinajstić information content (AvgIpc) is 2.33. The van der Waals surface area contributed by atoms with Crippen LogP contribution >= 0.6 is 0 Å². The van der Waals surface area contributed by atoms with E-state index in [4.69, 9.17) is 0 Å². The summed E-state index contributed by atoms with van der Waals surface area (Å²) in [4.78, 5) is 4.40. The molecular weight excluding hydrogens is 194 g/mol. The van der Waals surface area contributed by atoms with Crippen molar-refractivity contribution in [2.45, 2.75) is 13.8 Å². The molecule has 1 aromatic carbocycles. The van der Waals surface area contributed by atoms with Crippen LogP contribution in [0.1, 0.15) is 18.1 Å². The van der Waals surface area contributed by atoms with Gasteiger partial charge in [0.1, 0.15) is 0 Å². The van der Waals surface area contributed by atoms with Crippen molar-refractivity contribution in [3.63, 3.8) is 0 Å². The number of allylic oxidation sites excluding steroid dienone is 1. The van der Waals surface area contributed by atoms with Crippen molar-refractivity contribution in [2.75, 3.05) is 0 Å². The lowest BCUT2D eigenvalue weighted by Crippen LogP contribution is -1.87. The van der Waals surface area contributed by atoms with E-state index in [0.29, 0.717) is 0 Å². The lowest BCUT2D eigenvalue weighted by molar-refractivity contribution is 1.31. The van der Waals surface area contributed by atoms with Crippen LogP contribution in [0.5, 0.6) is 0 Å². The third-order valence-corrected chi connectivity index (χ3v) is 2.50. The highest BCUT2D eigenvalue weighted by Crippen LogP contribution is 2.24. The van der Waals surface area contributed by atoms with E-state index in [1.54, 1.807) is 0 Å². The number of hydrogen-bond donors (Lipinski definition) is 0. The molecule has 0 saturated carbocycles. The zero-order chi connectivity index (χ0) is 11.4. The maximum Gasteiger partial charge on any atom is 0.0708 e. The van der Waals surface area contributed by atoms with Gasteiger partial charge in [-0.3, -0.25) is 4.98 Å². The number of hydrogen-bond acceptors (Lipinski definition) is 1. The Balaban J connectivity index is 2.58. The van der Waals surface area contributed by atoms with E-state index < -0.39 is 0 Å². The highest BCUT2D eigenvalue weighted by molar-refractivity contribution is 5.73. The molecule has 0 radical (unpaired) electrons. The maximum absolute atomic E-state index is 4.40. The molecule has 16 heavy (non-hydrogen) atoms. The molecule has 1 heteroatoms.